The highest BCUT2D eigenvalue weighted by Gasteiger charge is 2.50. The van der Waals surface area contributed by atoms with Crippen molar-refractivity contribution in [3.63, 3.8) is 0 Å². The number of ether oxygens (including phenoxy) is 2. The molecule has 0 fully saturated rings. The van der Waals surface area contributed by atoms with E-state index < -0.39 is 29.1 Å². The molecule has 1 aromatic heterocycles. The van der Waals surface area contributed by atoms with E-state index in [9.17, 15) is 14.4 Å². The Morgan fingerprint density at radius 2 is 1.64 bits per heavy atom. The van der Waals surface area contributed by atoms with E-state index in [0.29, 0.717) is 10.8 Å². The zero-order valence-corrected chi connectivity index (χ0v) is 22.8. The van der Waals surface area contributed by atoms with Crippen LogP contribution in [0.15, 0.2) is 29.6 Å². The molecule has 10 nitrogen and oxygen atoms in total. The van der Waals surface area contributed by atoms with Crippen molar-refractivity contribution in [1.82, 2.24) is 10.3 Å². The van der Waals surface area contributed by atoms with Crippen LogP contribution < -0.4 is 21.7 Å². The fourth-order valence-corrected chi connectivity index (χ4v) is 4.01. The Hall–Kier alpha value is -3.34. The van der Waals surface area contributed by atoms with Crippen molar-refractivity contribution in [2.75, 3.05) is 10.6 Å². The molecule has 0 saturated heterocycles. The van der Waals surface area contributed by atoms with Gasteiger partial charge in [0, 0.05) is 23.5 Å². The number of aryl methyl sites for hydroxylation is 2. The Morgan fingerprint density at radius 1 is 1.00 bits per heavy atom. The minimum atomic E-state index is -1.86. The number of hydrogen-bond acceptors (Lipinski definition) is 8. The summed E-state index contributed by atoms with van der Waals surface area (Å²) in [6, 6.07) is 7.53. The summed E-state index contributed by atoms with van der Waals surface area (Å²) in [7, 11) is 0. The number of carbonyl (C=O) groups is 3. The molecule has 0 aliphatic heterocycles. The number of amides is 3. The molecule has 0 aliphatic rings. The lowest BCUT2D eigenvalue weighted by molar-refractivity contribution is -0.202. The first-order valence-electron chi connectivity index (χ1n) is 11.7. The van der Waals surface area contributed by atoms with Crippen LogP contribution in [0.5, 0.6) is 0 Å². The number of aromatic nitrogens is 1. The molecule has 0 aliphatic carbocycles. The highest BCUT2D eigenvalue weighted by atomic mass is 32.1. The third-order valence-corrected chi connectivity index (χ3v) is 5.75. The third kappa shape index (κ3) is 9.03. The van der Waals surface area contributed by atoms with Crippen LogP contribution in [0.25, 0.3) is 0 Å². The van der Waals surface area contributed by atoms with Crippen LogP contribution in [-0.4, -0.2) is 34.5 Å². The number of primary amides is 1. The van der Waals surface area contributed by atoms with Gasteiger partial charge in [0.05, 0.1) is 11.1 Å². The lowest BCUT2D eigenvalue weighted by Crippen LogP contribution is -2.59. The molecule has 0 radical (unpaired) electrons. The minimum Gasteiger partial charge on any atom is -0.387 e. The summed E-state index contributed by atoms with van der Waals surface area (Å²) in [5.41, 5.74) is 6.53. The first-order valence-corrected chi connectivity index (χ1v) is 12.6. The van der Waals surface area contributed by atoms with Crippen LogP contribution in [-0.2, 0) is 27.1 Å². The number of anilines is 2. The van der Waals surface area contributed by atoms with E-state index in [1.54, 1.807) is 20.8 Å². The van der Waals surface area contributed by atoms with Crippen molar-refractivity contribution in [3.8, 4) is 0 Å². The normalized spacial score (nSPS) is 13.3. The molecule has 11 heteroatoms. The second kappa shape index (κ2) is 11.6. The zero-order chi connectivity index (χ0) is 27.1. The Balaban J connectivity index is 2.09. The lowest BCUT2D eigenvalue weighted by atomic mass is 9.90. The SMILES string of the molecule is CC(=O)Nc1nc(CCCc2ccc(NC(OC(N)=O)(OC(=O)NC(C)(C)C)C(C)(C)C)cc2)cs1. The van der Waals surface area contributed by atoms with E-state index in [-0.39, 0.29) is 5.91 Å². The summed E-state index contributed by atoms with van der Waals surface area (Å²) < 4.78 is 11.0. The zero-order valence-electron chi connectivity index (χ0n) is 22.0. The molecular weight excluding hydrogens is 482 g/mol. The van der Waals surface area contributed by atoms with Crippen molar-refractivity contribution in [2.45, 2.75) is 79.2 Å². The van der Waals surface area contributed by atoms with Crippen LogP contribution in [0.1, 0.15) is 66.1 Å². The number of alkyl carbamates (subject to hydrolysis) is 1. The van der Waals surface area contributed by atoms with Gasteiger partial charge in [-0.3, -0.25) is 4.79 Å². The van der Waals surface area contributed by atoms with Gasteiger partial charge in [-0.25, -0.2) is 14.6 Å². The Labute approximate surface area is 216 Å². The van der Waals surface area contributed by atoms with Gasteiger partial charge >= 0.3 is 18.1 Å². The van der Waals surface area contributed by atoms with Crippen LogP contribution in [0.2, 0.25) is 0 Å². The third-order valence-electron chi connectivity index (χ3n) is 4.94. The average Bonchev–Trinajstić information content (AvgIpc) is 3.12. The molecule has 198 valence electrons. The van der Waals surface area contributed by atoms with Crippen LogP contribution in [0, 0.1) is 5.41 Å². The highest BCUT2D eigenvalue weighted by molar-refractivity contribution is 7.13. The predicted octanol–water partition coefficient (Wildman–Crippen LogP) is 5.01. The molecule has 0 spiro atoms. The minimum absolute atomic E-state index is 0.137. The maximum absolute atomic E-state index is 12.6. The molecule has 36 heavy (non-hydrogen) atoms. The van der Waals surface area contributed by atoms with Crippen molar-refractivity contribution in [3.05, 3.63) is 40.9 Å². The largest absolute Gasteiger partial charge is 0.412 e. The van der Waals surface area contributed by atoms with Crippen LogP contribution >= 0.6 is 11.3 Å². The molecule has 2 aromatic rings. The smallest absolute Gasteiger partial charge is 0.387 e. The monoisotopic (exact) mass is 519 g/mol. The maximum Gasteiger partial charge on any atom is 0.412 e. The number of hydrogen-bond donors (Lipinski definition) is 4. The summed E-state index contributed by atoms with van der Waals surface area (Å²) >= 11 is 1.41. The van der Waals surface area contributed by atoms with Gasteiger partial charge in [-0.15, -0.1) is 11.3 Å². The quantitative estimate of drug-likeness (QED) is 0.341. The molecule has 5 N–H and O–H groups in total. The average molecular weight is 520 g/mol. The Bertz CT molecular complexity index is 1060. The molecule has 0 saturated carbocycles. The Morgan fingerprint density at radius 3 is 2.17 bits per heavy atom. The summed E-state index contributed by atoms with van der Waals surface area (Å²) in [6.07, 6.45) is 0.641. The van der Waals surface area contributed by atoms with E-state index in [0.717, 1.165) is 30.5 Å². The number of carbonyl (C=O) groups excluding carboxylic acids is 3. The number of nitrogens with one attached hydrogen (secondary N) is 3. The van der Waals surface area contributed by atoms with Crippen molar-refractivity contribution in [2.24, 2.45) is 11.1 Å². The number of thiazole rings is 1. The lowest BCUT2D eigenvalue weighted by Gasteiger charge is -2.42. The summed E-state index contributed by atoms with van der Waals surface area (Å²) in [5, 5.41) is 11.0. The highest BCUT2D eigenvalue weighted by Crippen LogP contribution is 2.36. The topological polar surface area (TPSA) is 145 Å². The molecule has 1 unspecified atom stereocenters. The van der Waals surface area contributed by atoms with Gasteiger partial charge < -0.3 is 31.2 Å². The van der Waals surface area contributed by atoms with Crippen molar-refractivity contribution < 1.29 is 23.9 Å². The van der Waals surface area contributed by atoms with Gasteiger partial charge in [0.25, 0.3) is 0 Å². The maximum atomic E-state index is 12.6. The van der Waals surface area contributed by atoms with Crippen molar-refractivity contribution >= 4 is 40.2 Å². The first kappa shape index (κ1) is 28.9. The van der Waals surface area contributed by atoms with Gasteiger partial charge in [-0.2, -0.15) is 0 Å². The number of rotatable bonds is 9. The molecule has 1 aromatic carbocycles. The number of benzene rings is 1. The molecule has 1 atom stereocenters. The van der Waals surface area contributed by atoms with Crippen LogP contribution in [0.4, 0.5) is 20.4 Å². The van der Waals surface area contributed by atoms with E-state index in [4.69, 9.17) is 15.2 Å². The van der Waals surface area contributed by atoms with Gasteiger partial charge in [0.15, 0.2) is 5.13 Å². The number of nitrogens with zero attached hydrogens (tertiary/aromatic N) is 1. The van der Waals surface area contributed by atoms with Crippen LogP contribution in [0.3, 0.4) is 0 Å². The molecule has 2 rings (SSSR count). The first-order chi connectivity index (χ1) is 16.6. The van der Waals surface area contributed by atoms with Gasteiger partial charge in [-0.05, 0) is 57.7 Å². The summed E-state index contributed by atoms with van der Waals surface area (Å²) in [4.78, 5) is 39.9. The van der Waals surface area contributed by atoms with Gasteiger partial charge in [0.2, 0.25) is 5.91 Å². The van der Waals surface area contributed by atoms with E-state index in [1.807, 2.05) is 50.4 Å². The molecule has 1 heterocycles. The van der Waals surface area contributed by atoms with Gasteiger partial charge in [-0.1, -0.05) is 32.9 Å². The van der Waals surface area contributed by atoms with E-state index in [2.05, 4.69) is 20.9 Å². The van der Waals surface area contributed by atoms with Crippen molar-refractivity contribution in [1.29, 1.82) is 0 Å². The molecule has 0 bridgehead atoms. The second-order valence-corrected chi connectivity index (χ2v) is 11.4. The Kier molecular flexibility index (Phi) is 9.31. The van der Waals surface area contributed by atoms with Gasteiger partial charge in [0.1, 0.15) is 0 Å². The number of nitrogens with two attached hydrogens (primary N) is 1. The molecule has 3 amide bonds. The summed E-state index contributed by atoms with van der Waals surface area (Å²) in [5.74, 6) is -1.99. The molecular formula is C25H37N5O5S. The fraction of sp³-hybridized carbons (Fsp3) is 0.520. The van der Waals surface area contributed by atoms with E-state index in [1.165, 1.54) is 18.3 Å². The standard InChI is InChI=1S/C25H37N5O5S/c1-16(31)27-21-28-19(15-36-21)10-8-9-17-11-13-18(14-12-17)29-25(23(2,3)4,34-20(26)32)35-22(33)30-24(5,6)7/h11-15,29H,8-10H2,1-7H3,(H2,26,32)(H,30,33)(H,27,28,31). The second-order valence-electron chi connectivity index (χ2n) is 10.6. The predicted molar refractivity (Wildman–Crippen MR) is 141 cm³/mol. The summed E-state index contributed by atoms with van der Waals surface area (Å²) in [6.45, 7) is 12.2. The van der Waals surface area contributed by atoms with E-state index >= 15 is 0 Å². The fourth-order valence-electron chi connectivity index (χ4n) is 3.22.